The van der Waals surface area contributed by atoms with Crippen molar-refractivity contribution >= 4 is 35.3 Å². The molecule has 7 nitrogen and oxygen atoms in total. The van der Waals surface area contributed by atoms with Gasteiger partial charge in [0.2, 0.25) is 11.8 Å². The highest BCUT2D eigenvalue weighted by Crippen LogP contribution is 2.33. The predicted octanol–water partition coefficient (Wildman–Crippen LogP) is 3.64. The molecule has 0 saturated heterocycles. The number of hydrazone groups is 1. The second kappa shape index (κ2) is 9.28. The van der Waals surface area contributed by atoms with E-state index in [9.17, 15) is 33.0 Å². The van der Waals surface area contributed by atoms with Crippen LogP contribution in [-0.4, -0.2) is 28.2 Å². The molecule has 0 saturated carbocycles. The molecule has 0 fully saturated rings. The fourth-order valence-corrected chi connectivity index (χ4v) is 2.27. The highest BCUT2D eigenvalue weighted by molar-refractivity contribution is 6.33. The average molecular weight is 430 g/mol. The Kier molecular flexibility index (Phi) is 7.05. The van der Waals surface area contributed by atoms with Gasteiger partial charge >= 0.3 is 6.18 Å². The molecule has 0 heterocycles. The number of rotatable bonds is 6. The van der Waals surface area contributed by atoms with Crippen LogP contribution in [0.15, 0.2) is 41.5 Å². The summed E-state index contributed by atoms with van der Waals surface area (Å²) in [6.45, 7) is 0. The summed E-state index contributed by atoms with van der Waals surface area (Å²) < 4.78 is 38.2. The topological polar surface area (TPSA) is 111 Å². The summed E-state index contributed by atoms with van der Waals surface area (Å²) >= 11 is 5.79. The molecule has 0 aromatic heterocycles. The molecule has 0 aliphatic carbocycles. The van der Waals surface area contributed by atoms with Gasteiger partial charge in [-0.05, 0) is 30.3 Å². The van der Waals surface area contributed by atoms with Crippen molar-refractivity contribution in [2.24, 2.45) is 5.10 Å². The zero-order valence-corrected chi connectivity index (χ0v) is 15.4. The number of carbonyl (C=O) groups is 2. The molecular weight excluding hydrogens is 415 g/mol. The molecule has 2 aromatic rings. The molecule has 11 heteroatoms. The number of anilines is 1. The minimum absolute atomic E-state index is 0.0749. The molecule has 2 amide bonds. The normalized spacial score (nSPS) is 11.4. The van der Waals surface area contributed by atoms with Gasteiger partial charge in [-0.2, -0.15) is 18.3 Å². The first-order valence-corrected chi connectivity index (χ1v) is 8.44. The van der Waals surface area contributed by atoms with E-state index >= 15 is 0 Å². The Morgan fingerprint density at radius 2 is 1.76 bits per heavy atom. The van der Waals surface area contributed by atoms with Gasteiger partial charge in [0.05, 0.1) is 22.5 Å². The lowest BCUT2D eigenvalue weighted by Gasteiger charge is -2.11. The average Bonchev–Trinajstić information content (AvgIpc) is 2.62. The molecular formula is C18H15ClF3N3O4. The molecule has 0 aliphatic rings. The number of benzene rings is 2. The highest BCUT2D eigenvalue weighted by atomic mass is 35.5. The summed E-state index contributed by atoms with van der Waals surface area (Å²) in [7, 11) is 0. The zero-order valence-electron chi connectivity index (χ0n) is 14.6. The third-order valence-electron chi connectivity index (χ3n) is 3.55. The molecule has 154 valence electrons. The lowest BCUT2D eigenvalue weighted by molar-refractivity contribution is -0.137. The van der Waals surface area contributed by atoms with Gasteiger partial charge in [0.15, 0.2) is 0 Å². The number of nitrogens with one attached hydrogen (secondary N) is 2. The minimum atomic E-state index is -4.59. The van der Waals surface area contributed by atoms with Crippen molar-refractivity contribution in [2.75, 3.05) is 5.32 Å². The molecule has 0 aliphatic heterocycles. The smallest absolute Gasteiger partial charge is 0.416 e. The number of hydrogen-bond donors (Lipinski definition) is 4. The second-order valence-corrected chi connectivity index (χ2v) is 6.18. The lowest BCUT2D eigenvalue weighted by Crippen LogP contribution is -2.21. The molecule has 0 spiro atoms. The Morgan fingerprint density at radius 3 is 2.41 bits per heavy atom. The van der Waals surface area contributed by atoms with E-state index < -0.39 is 23.6 Å². The van der Waals surface area contributed by atoms with Crippen LogP contribution >= 0.6 is 11.6 Å². The maximum absolute atomic E-state index is 12.7. The SMILES string of the molecule is O=C(CCC(=O)Nc1cc(C(F)(F)F)ccc1Cl)NN=Cc1ccc(O)cc1O. The Hall–Kier alpha value is -3.27. The van der Waals surface area contributed by atoms with Crippen LogP contribution in [0.5, 0.6) is 11.5 Å². The molecule has 2 rings (SSSR count). The van der Waals surface area contributed by atoms with Crippen LogP contribution in [0.25, 0.3) is 0 Å². The van der Waals surface area contributed by atoms with E-state index in [-0.39, 0.29) is 40.6 Å². The fourth-order valence-electron chi connectivity index (χ4n) is 2.11. The number of phenolic OH excluding ortho intramolecular Hbond substituents is 2. The number of nitrogens with zero attached hydrogens (tertiary/aromatic N) is 1. The van der Waals surface area contributed by atoms with Crippen LogP contribution in [0.2, 0.25) is 5.02 Å². The van der Waals surface area contributed by atoms with Gasteiger partial charge in [-0.3, -0.25) is 9.59 Å². The summed E-state index contributed by atoms with van der Waals surface area (Å²) in [6, 6.07) is 6.27. The summed E-state index contributed by atoms with van der Waals surface area (Å²) in [4.78, 5) is 23.6. The van der Waals surface area contributed by atoms with Crippen molar-refractivity contribution in [1.82, 2.24) is 5.43 Å². The Bertz CT molecular complexity index is 948. The van der Waals surface area contributed by atoms with Crippen molar-refractivity contribution in [3.63, 3.8) is 0 Å². The number of amides is 2. The van der Waals surface area contributed by atoms with Crippen molar-refractivity contribution in [1.29, 1.82) is 0 Å². The van der Waals surface area contributed by atoms with E-state index in [1.54, 1.807) is 0 Å². The molecule has 0 atom stereocenters. The van der Waals surface area contributed by atoms with Crippen LogP contribution in [0, 0.1) is 0 Å². The Morgan fingerprint density at radius 1 is 1.07 bits per heavy atom. The Labute approximate surface area is 167 Å². The van der Waals surface area contributed by atoms with E-state index in [1.165, 1.54) is 12.1 Å². The summed E-state index contributed by atoms with van der Waals surface area (Å²) in [5.74, 6) is -1.73. The molecule has 29 heavy (non-hydrogen) atoms. The first-order chi connectivity index (χ1) is 13.6. The third-order valence-corrected chi connectivity index (χ3v) is 3.88. The van der Waals surface area contributed by atoms with Crippen LogP contribution in [0.3, 0.4) is 0 Å². The van der Waals surface area contributed by atoms with Gasteiger partial charge < -0.3 is 15.5 Å². The van der Waals surface area contributed by atoms with Gasteiger partial charge in [-0.25, -0.2) is 5.43 Å². The van der Waals surface area contributed by atoms with E-state index in [2.05, 4.69) is 15.8 Å². The number of aromatic hydroxyl groups is 2. The molecule has 4 N–H and O–H groups in total. The fraction of sp³-hybridized carbons (Fsp3) is 0.167. The van der Waals surface area contributed by atoms with Crippen LogP contribution in [-0.2, 0) is 15.8 Å². The largest absolute Gasteiger partial charge is 0.508 e. The zero-order chi connectivity index (χ0) is 21.6. The number of alkyl halides is 3. The molecule has 0 radical (unpaired) electrons. The first kappa shape index (κ1) is 22.0. The van der Waals surface area contributed by atoms with Crippen molar-refractivity contribution < 1.29 is 33.0 Å². The molecule has 2 aromatic carbocycles. The van der Waals surface area contributed by atoms with Gasteiger partial charge in [-0.15, -0.1) is 0 Å². The number of hydrogen-bond acceptors (Lipinski definition) is 5. The van der Waals surface area contributed by atoms with Crippen molar-refractivity contribution in [2.45, 2.75) is 19.0 Å². The number of halogens is 4. The maximum Gasteiger partial charge on any atom is 0.416 e. The quantitative estimate of drug-likeness (QED) is 0.415. The third kappa shape index (κ3) is 6.68. The van der Waals surface area contributed by atoms with E-state index in [1.807, 2.05) is 0 Å². The number of carbonyl (C=O) groups excluding carboxylic acids is 2. The van der Waals surface area contributed by atoms with Crippen LogP contribution in [0.4, 0.5) is 18.9 Å². The minimum Gasteiger partial charge on any atom is -0.508 e. The molecule has 0 bridgehead atoms. The standard InChI is InChI=1S/C18H15ClF3N3O4/c19-13-4-2-11(18(20,21)22)7-14(13)24-16(28)5-6-17(29)25-23-9-10-1-3-12(26)8-15(10)27/h1-4,7-9,26-27H,5-6H2,(H,24,28)(H,25,29). The Balaban J connectivity index is 1.86. The van der Waals surface area contributed by atoms with Gasteiger partial charge in [-0.1, -0.05) is 11.6 Å². The van der Waals surface area contributed by atoms with Crippen LogP contribution in [0.1, 0.15) is 24.0 Å². The van der Waals surface area contributed by atoms with Crippen molar-refractivity contribution in [3.8, 4) is 11.5 Å². The first-order valence-electron chi connectivity index (χ1n) is 8.07. The van der Waals surface area contributed by atoms with Crippen molar-refractivity contribution in [3.05, 3.63) is 52.5 Å². The van der Waals surface area contributed by atoms with Gasteiger partial charge in [0.25, 0.3) is 0 Å². The van der Waals surface area contributed by atoms with Crippen LogP contribution < -0.4 is 10.7 Å². The lowest BCUT2D eigenvalue weighted by atomic mass is 10.2. The van der Waals surface area contributed by atoms with E-state index in [0.29, 0.717) is 6.07 Å². The summed E-state index contributed by atoms with van der Waals surface area (Å²) in [5, 5.41) is 24.5. The maximum atomic E-state index is 12.7. The van der Waals surface area contributed by atoms with Gasteiger partial charge in [0.1, 0.15) is 11.5 Å². The second-order valence-electron chi connectivity index (χ2n) is 5.78. The van der Waals surface area contributed by atoms with Gasteiger partial charge in [0, 0.05) is 24.5 Å². The number of phenols is 2. The molecule has 0 unspecified atom stereocenters. The van der Waals surface area contributed by atoms with E-state index in [0.717, 1.165) is 24.4 Å². The summed E-state index contributed by atoms with van der Waals surface area (Å²) in [6.07, 6.45) is -4.07. The highest BCUT2D eigenvalue weighted by Gasteiger charge is 2.31. The summed E-state index contributed by atoms with van der Waals surface area (Å²) in [5.41, 5.74) is 1.19. The van der Waals surface area contributed by atoms with E-state index in [4.69, 9.17) is 11.6 Å². The predicted molar refractivity (Wildman–Crippen MR) is 99.8 cm³/mol. The monoisotopic (exact) mass is 429 g/mol.